The predicted molar refractivity (Wildman–Crippen MR) is 159 cm³/mol. The van der Waals surface area contributed by atoms with Crippen LogP contribution in [0.5, 0.6) is 0 Å². The Kier molecular flexibility index (Phi) is 13.4. The molecule has 0 aromatic heterocycles. The van der Waals surface area contributed by atoms with Crippen molar-refractivity contribution in [2.75, 3.05) is 5.75 Å². The van der Waals surface area contributed by atoms with Crippen LogP contribution in [0, 0.1) is 0 Å². The quantitative estimate of drug-likeness (QED) is 0.127. The lowest BCUT2D eigenvalue weighted by molar-refractivity contribution is -0.137. The van der Waals surface area contributed by atoms with Crippen LogP contribution >= 0.6 is 11.8 Å². The summed E-state index contributed by atoms with van der Waals surface area (Å²) in [5.41, 5.74) is 4.04. The molecule has 198 valence electrons. The van der Waals surface area contributed by atoms with Crippen molar-refractivity contribution in [1.82, 2.24) is 0 Å². The van der Waals surface area contributed by atoms with E-state index in [0.717, 1.165) is 18.6 Å². The van der Waals surface area contributed by atoms with Gasteiger partial charge in [-0.1, -0.05) is 155 Å². The summed E-state index contributed by atoms with van der Waals surface area (Å²) in [6.07, 6.45) is 15.1. The lowest BCUT2D eigenvalue weighted by atomic mass is 9.84. The number of hydrogen-bond acceptors (Lipinski definition) is 2. The summed E-state index contributed by atoms with van der Waals surface area (Å²) in [4.78, 5) is 10.5. The highest BCUT2D eigenvalue weighted by molar-refractivity contribution is 8.00. The lowest BCUT2D eigenvalue weighted by Crippen LogP contribution is -2.26. The van der Waals surface area contributed by atoms with Gasteiger partial charge < -0.3 is 5.11 Å². The second-order valence-corrected chi connectivity index (χ2v) is 11.3. The van der Waals surface area contributed by atoms with Crippen LogP contribution in [0.25, 0.3) is 0 Å². The number of thioether (sulfide) groups is 1. The zero-order chi connectivity index (χ0) is 26.0. The minimum absolute atomic E-state index is 0.197. The summed E-state index contributed by atoms with van der Waals surface area (Å²) < 4.78 is -0.197. The van der Waals surface area contributed by atoms with E-state index in [0.29, 0.717) is 6.42 Å². The van der Waals surface area contributed by atoms with Crippen LogP contribution in [0.3, 0.4) is 0 Å². The molecule has 1 N–H and O–H groups in total. The minimum Gasteiger partial charge on any atom is -0.481 e. The first-order valence-corrected chi connectivity index (χ1v) is 15.2. The molecule has 0 bridgehead atoms. The summed E-state index contributed by atoms with van der Waals surface area (Å²) in [5, 5.41) is 8.68. The van der Waals surface area contributed by atoms with E-state index in [2.05, 4.69) is 103 Å². The van der Waals surface area contributed by atoms with Gasteiger partial charge in [-0.05, 0) is 35.3 Å². The topological polar surface area (TPSA) is 37.3 Å². The van der Waals surface area contributed by atoms with Crippen LogP contribution < -0.4 is 0 Å². The van der Waals surface area contributed by atoms with Gasteiger partial charge in [0.1, 0.15) is 0 Å². The van der Waals surface area contributed by atoms with Gasteiger partial charge in [-0.3, -0.25) is 4.79 Å². The average Bonchev–Trinajstić information content (AvgIpc) is 2.94. The van der Waals surface area contributed by atoms with Gasteiger partial charge in [0.05, 0.1) is 4.75 Å². The van der Waals surface area contributed by atoms with Crippen molar-refractivity contribution in [2.24, 2.45) is 0 Å². The molecule has 0 aliphatic carbocycles. The van der Waals surface area contributed by atoms with E-state index >= 15 is 0 Å². The highest BCUT2D eigenvalue weighted by Gasteiger charge is 2.36. The molecule has 3 aromatic rings. The average molecular weight is 517 g/mol. The van der Waals surface area contributed by atoms with Gasteiger partial charge in [0.2, 0.25) is 0 Å². The third kappa shape index (κ3) is 9.70. The maximum atomic E-state index is 10.5. The standard InChI is InChI=1S/C34H44O2S/c35-33(36)28-20-9-7-5-3-1-2-4-6-8-10-21-29-37-34(30-22-14-11-15-23-30,31-24-16-12-17-25-31)32-26-18-13-19-27-32/h11-19,22-27H,1-10,20-21,28-29H2,(H,35,36). The molecule has 0 unspecified atom stereocenters. The molecule has 37 heavy (non-hydrogen) atoms. The summed E-state index contributed by atoms with van der Waals surface area (Å²) in [6, 6.07) is 33.0. The van der Waals surface area contributed by atoms with E-state index in [4.69, 9.17) is 5.11 Å². The Morgan fingerprint density at radius 1 is 0.514 bits per heavy atom. The Bertz CT molecular complexity index is 891. The maximum absolute atomic E-state index is 10.5. The SMILES string of the molecule is O=C(O)CCCCCCCCCCCCCCSC(c1ccccc1)(c1ccccc1)c1ccccc1. The first-order chi connectivity index (χ1) is 18.2. The second-order valence-electron chi connectivity index (χ2n) is 10.0. The third-order valence-corrected chi connectivity index (χ3v) is 8.78. The smallest absolute Gasteiger partial charge is 0.303 e. The highest BCUT2D eigenvalue weighted by Crippen LogP contribution is 2.48. The van der Waals surface area contributed by atoms with Crippen molar-refractivity contribution in [3.63, 3.8) is 0 Å². The Hall–Kier alpha value is -2.52. The Morgan fingerprint density at radius 3 is 1.19 bits per heavy atom. The van der Waals surface area contributed by atoms with Gasteiger partial charge in [0.25, 0.3) is 0 Å². The molecule has 3 aromatic carbocycles. The minimum atomic E-state index is -0.665. The number of aliphatic carboxylic acids is 1. The molecule has 0 fully saturated rings. The van der Waals surface area contributed by atoms with Gasteiger partial charge in [0, 0.05) is 6.42 Å². The largest absolute Gasteiger partial charge is 0.481 e. The number of carbonyl (C=O) groups is 1. The molecule has 2 nitrogen and oxygen atoms in total. The molecular weight excluding hydrogens is 472 g/mol. The summed E-state index contributed by atoms with van der Waals surface area (Å²) >= 11 is 2.08. The van der Waals surface area contributed by atoms with Crippen LogP contribution in [0.4, 0.5) is 0 Å². The van der Waals surface area contributed by atoms with Gasteiger partial charge in [-0.25, -0.2) is 0 Å². The fourth-order valence-electron chi connectivity index (χ4n) is 5.14. The number of unbranched alkanes of at least 4 members (excludes halogenated alkanes) is 11. The Labute approximate surface area is 228 Å². The van der Waals surface area contributed by atoms with Crippen molar-refractivity contribution >= 4 is 17.7 Å². The van der Waals surface area contributed by atoms with Gasteiger partial charge in [-0.15, -0.1) is 11.8 Å². The predicted octanol–water partition coefficient (Wildman–Crippen LogP) is 9.87. The molecule has 0 saturated carbocycles. The fourth-order valence-corrected chi connectivity index (χ4v) is 6.70. The van der Waals surface area contributed by atoms with Crippen LogP contribution in [-0.2, 0) is 9.54 Å². The number of hydrogen-bond donors (Lipinski definition) is 1. The first kappa shape index (κ1) is 29.0. The Morgan fingerprint density at radius 2 is 0.838 bits per heavy atom. The highest BCUT2D eigenvalue weighted by atomic mass is 32.2. The second kappa shape index (κ2) is 17.1. The van der Waals surface area contributed by atoms with E-state index in [1.165, 1.54) is 80.9 Å². The van der Waals surface area contributed by atoms with Crippen molar-refractivity contribution in [3.8, 4) is 0 Å². The Balaban J connectivity index is 1.42. The summed E-state index contributed by atoms with van der Waals surface area (Å²) in [6.45, 7) is 0. The number of carboxylic acids is 1. The van der Waals surface area contributed by atoms with Gasteiger partial charge in [-0.2, -0.15) is 0 Å². The van der Waals surface area contributed by atoms with Gasteiger partial charge >= 0.3 is 5.97 Å². The molecule has 0 aliphatic rings. The number of benzene rings is 3. The first-order valence-electron chi connectivity index (χ1n) is 14.3. The van der Waals surface area contributed by atoms with Crippen LogP contribution in [-0.4, -0.2) is 16.8 Å². The van der Waals surface area contributed by atoms with Crippen LogP contribution in [0.1, 0.15) is 100 Å². The van der Waals surface area contributed by atoms with Crippen molar-refractivity contribution in [1.29, 1.82) is 0 Å². The van der Waals surface area contributed by atoms with E-state index < -0.39 is 5.97 Å². The lowest BCUT2D eigenvalue weighted by Gasteiger charge is -2.35. The van der Waals surface area contributed by atoms with Crippen LogP contribution in [0.15, 0.2) is 91.0 Å². The molecule has 0 spiro atoms. The van der Waals surface area contributed by atoms with Crippen molar-refractivity contribution < 1.29 is 9.90 Å². The van der Waals surface area contributed by atoms with Crippen molar-refractivity contribution in [2.45, 2.75) is 88.2 Å². The molecule has 0 saturated heterocycles. The molecule has 0 radical (unpaired) electrons. The molecule has 3 rings (SSSR count). The number of carboxylic acid groups (broad SMARTS) is 1. The summed E-state index contributed by atoms with van der Waals surface area (Å²) in [5.74, 6) is 0.474. The van der Waals surface area contributed by atoms with E-state index in [9.17, 15) is 4.79 Å². The normalized spacial score (nSPS) is 11.5. The van der Waals surface area contributed by atoms with E-state index in [1.807, 2.05) is 0 Å². The van der Waals surface area contributed by atoms with E-state index in [-0.39, 0.29) is 4.75 Å². The van der Waals surface area contributed by atoms with Gasteiger partial charge in [0.15, 0.2) is 0 Å². The molecule has 3 heteroatoms. The molecular formula is C34H44O2S. The molecule has 0 atom stereocenters. The molecule has 0 aliphatic heterocycles. The fraction of sp³-hybridized carbons (Fsp3) is 0.441. The zero-order valence-corrected chi connectivity index (χ0v) is 23.1. The number of rotatable bonds is 19. The monoisotopic (exact) mass is 516 g/mol. The summed E-state index contributed by atoms with van der Waals surface area (Å²) in [7, 11) is 0. The molecule has 0 amide bonds. The van der Waals surface area contributed by atoms with Crippen LogP contribution in [0.2, 0.25) is 0 Å². The van der Waals surface area contributed by atoms with E-state index in [1.54, 1.807) is 0 Å². The molecule has 0 heterocycles. The third-order valence-electron chi connectivity index (χ3n) is 7.14. The zero-order valence-electron chi connectivity index (χ0n) is 22.3. The van der Waals surface area contributed by atoms with Crippen molar-refractivity contribution in [3.05, 3.63) is 108 Å². The maximum Gasteiger partial charge on any atom is 0.303 e.